The summed E-state index contributed by atoms with van der Waals surface area (Å²) in [5, 5.41) is 13.5. The minimum Gasteiger partial charge on any atom is -0.338 e. The van der Waals surface area contributed by atoms with Crippen molar-refractivity contribution in [2.45, 2.75) is 24.9 Å². The summed E-state index contributed by atoms with van der Waals surface area (Å²) in [5.41, 5.74) is 8.03. The quantitative estimate of drug-likeness (QED) is 0.104. The Bertz CT molecular complexity index is 1800. The summed E-state index contributed by atoms with van der Waals surface area (Å²) in [7, 11) is 0. The molecule has 2 atom stereocenters. The molecule has 5 aromatic rings. The van der Waals surface area contributed by atoms with Crippen molar-refractivity contribution in [3.05, 3.63) is 173 Å². The molecule has 4 N–H and O–H groups in total. The molecule has 11 nitrogen and oxygen atoms in total. The molecule has 0 unspecified atom stereocenters. The van der Waals surface area contributed by atoms with E-state index in [2.05, 4.69) is 36.7 Å². The zero-order valence-corrected chi connectivity index (χ0v) is 27.0. The molecule has 11 heteroatoms. The summed E-state index contributed by atoms with van der Waals surface area (Å²) in [6, 6.07) is 39.3. The van der Waals surface area contributed by atoms with E-state index in [0.717, 1.165) is 22.3 Å². The molecule has 0 aliphatic rings. The number of hydrogen-bond acceptors (Lipinski definition) is 7. The van der Waals surface area contributed by atoms with Gasteiger partial charge in [-0.2, -0.15) is 10.2 Å². The number of carbonyl (C=O) groups is 4. The Morgan fingerprint density at radius 1 is 0.500 bits per heavy atom. The average Bonchev–Trinajstić information content (AvgIpc) is 3.16. The van der Waals surface area contributed by atoms with Crippen molar-refractivity contribution in [2.24, 2.45) is 10.2 Å². The number of nitrogens with zero attached hydrogens (tertiary/aromatic N) is 3. The van der Waals surface area contributed by atoms with Gasteiger partial charge in [-0.05, 0) is 34.4 Å². The topological polar surface area (TPSA) is 154 Å². The second kappa shape index (κ2) is 18.0. The molecular formula is C39H35N7O4. The number of hydrogen-bond donors (Lipinski definition) is 4. The third-order valence-electron chi connectivity index (χ3n) is 7.40. The molecule has 0 bridgehead atoms. The number of benzene rings is 4. The fourth-order valence-corrected chi connectivity index (χ4v) is 4.85. The Labute approximate surface area is 289 Å². The maximum atomic E-state index is 13.4. The number of carbonyl (C=O) groups excluding carboxylic acids is 4. The number of hydrazone groups is 2. The van der Waals surface area contributed by atoms with E-state index in [0.29, 0.717) is 0 Å². The summed E-state index contributed by atoms with van der Waals surface area (Å²) in [6.07, 6.45) is 3.37. The Hall–Kier alpha value is -6.75. The average molecular weight is 666 g/mol. The van der Waals surface area contributed by atoms with Crippen LogP contribution < -0.4 is 21.5 Å². The van der Waals surface area contributed by atoms with Crippen molar-refractivity contribution >= 4 is 36.1 Å². The van der Waals surface area contributed by atoms with Gasteiger partial charge in [0.05, 0.1) is 12.4 Å². The zero-order chi connectivity index (χ0) is 35.0. The van der Waals surface area contributed by atoms with Gasteiger partial charge in [-0.3, -0.25) is 19.2 Å². The standard InChI is InChI=1S/C39H35N7O4/c47-36(43-34(24-28-14-5-1-6-15-28)38(49)45-40-26-30-18-9-3-10-19-30)32-22-13-23-33(42-32)37(48)44-35(25-29-16-7-2-8-17-29)39(50)46-41-27-31-20-11-4-12-21-31/h1-23,26-27,34-35H,24-25H2,(H,43,47)(H,44,48)(H,45,49)(H,46,50)/b40-26+,41-27+/t34-,35-/m0/s1. The molecule has 4 aromatic carbocycles. The molecule has 4 amide bonds. The number of amides is 4. The monoisotopic (exact) mass is 665 g/mol. The summed E-state index contributed by atoms with van der Waals surface area (Å²) in [4.78, 5) is 57.5. The minimum absolute atomic E-state index is 0.0900. The number of pyridine rings is 1. The molecule has 0 saturated carbocycles. The lowest BCUT2D eigenvalue weighted by Crippen LogP contribution is -2.47. The molecular weight excluding hydrogens is 630 g/mol. The van der Waals surface area contributed by atoms with E-state index in [9.17, 15) is 19.2 Å². The number of nitrogens with one attached hydrogen (secondary N) is 4. The molecule has 0 aliphatic carbocycles. The molecule has 0 aliphatic heterocycles. The molecule has 0 radical (unpaired) electrons. The van der Waals surface area contributed by atoms with Crippen LogP contribution >= 0.6 is 0 Å². The predicted molar refractivity (Wildman–Crippen MR) is 191 cm³/mol. The second-order valence-electron chi connectivity index (χ2n) is 11.1. The largest absolute Gasteiger partial charge is 0.338 e. The van der Waals surface area contributed by atoms with Crippen molar-refractivity contribution in [2.75, 3.05) is 0 Å². The van der Waals surface area contributed by atoms with Gasteiger partial charge in [-0.15, -0.1) is 0 Å². The molecule has 1 aromatic heterocycles. The Kier molecular flexibility index (Phi) is 12.4. The normalized spacial score (nSPS) is 12.2. The Morgan fingerprint density at radius 3 is 1.24 bits per heavy atom. The van der Waals surface area contributed by atoms with Crippen molar-refractivity contribution < 1.29 is 19.2 Å². The summed E-state index contributed by atoms with van der Waals surface area (Å²) >= 11 is 0. The number of rotatable bonds is 14. The van der Waals surface area contributed by atoms with E-state index in [1.165, 1.54) is 30.6 Å². The Morgan fingerprint density at radius 2 is 0.860 bits per heavy atom. The molecule has 0 saturated heterocycles. The lowest BCUT2D eigenvalue weighted by molar-refractivity contribution is -0.123. The van der Waals surface area contributed by atoms with Crippen molar-refractivity contribution in [3.63, 3.8) is 0 Å². The van der Waals surface area contributed by atoms with E-state index < -0.39 is 35.7 Å². The molecule has 250 valence electrons. The van der Waals surface area contributed by atoms with Crippen LogP contribution in [0.3, 0.4) is 0 Å². The van der Waals surface area contributed by atoms with E-state index in [4.69, 9.17) is 0 Å². The highest BCUT2D eigenvalue weighted by Gasteiger charge is 2.25. The molecule has 5 rings (SSSR count). The fraction of sp³-hybridized carbons (Fsp3) is 0.103. The Balaban J connectivity index is 1.28. The van der Waals surface area contributed by atoms with E-state index in [-0.39, 0.29) is 24.2 Å². The third-order valence-corrected chi connectivity index (χ3v) is 7.40. The van der Waals surface area contributed by atoms with Crippen LogP contribution in [-0.4, -0.2) is 53.1 Å². The van der Waals surface area contributed by atoms with Crippen LogP contribution in [-0.2, 0) is 22.4 Å². The van der Waals surface area contributed by atoms with E-state index >= 15 is 0 Å². The van der Waals surface area contributed by atoms with Crippen molar-refractivity contribution in [1.82, 2.24) is 26.5 Å². The highest BCUT2D eigenvalue weighted by atomic mass is 16.2. The van der Waals surface area contributed by atoms with Crippen LogP contribution in [0.4, 0.5) is 0 Å². The van der Waals surface area contributed by atoms with Crippen molar-refractivity contribution in [3.8, 4) is 0 Å². The predicted octanol–water partition coefficient (Wildman–Crippen LogP) is 4.06. The van der Waals surface area contributed by atoms with Crippen LogP contribution in [0.1, 0.15) is 43.2 Å². The van der Waals surface area contributed by atoms with Gasteiger partial charge in [-0.25, -0.2) is 15.8 Å². The van der Waals surface area contributed by atoms with Crippen LogP contribution in [0.15, 0.2) is 150 Å². The van der Waals surface area contributed by atoms with E-state index in [1.54, 1.807) is 0 Å². The van der Waals surface area contributed by atoms with Gasteiger partial charge < -0.3 is 10.6 Å². The van der Waals surface area contributed by atoms with Gasteiger partial charge in [-0.1, -0.05) is 127 Å². The highest BCUT2D eigenvalue weighted by molar-refractivity contribution is 5.99. The highest BCUT2D eigenvalue weighted by Crippen LogP contribution is 2.08. The lowest BCUT2D eigenvalue weighted by atomic mass is 10.0. The van der Waals surface area contributed by atoms with Gasteiger partial charge in [0.1, 0.15) is 23.5 Å². The smallest absolute Gasteiger partial charge is 0.270 e. The first-order chi connectivity index (χ1) is 24.4. The van der Waals surface area contributed by atoms with Crippen molar-refractivity contribution in [1.29, 1.82) is 0 Å². The second-order valence-corrected chi connectivity index (χ2v) is 11.1. The fourth-order valence-electron chi connectivity index (χ4n) is 4.85. The first-order valence-electron chi connectivity index (χ1n) is 15.9. The molecule has 1 heterocycles. The van der Waals surface area contributed by atoms with Gasteiger partial charge >= 0.3 is 0 Å². The van der Waals surface area contributed by atoms with Gasteiger partial charge in [0.2, 0.25) is 0 Å². The van der Waals surface area contributed by atoms with Crippen LogP contribution in [0.5, 0.6) is 0 Å². The van der Waals surface area contributed by atoms with E-state index in [1.807, 2.05) is 121 Å². The van der Waals surface area contributed by atoms with Gasteiger partial charge in [0.25, 0.3) is 23.6 Å². The minimum atomic E-state index is -1.01. The SMILES string of the molecule is O=C(N[C@@H](Cc1ccccc1)C(=O)N/N=C/c1ccccc1)c1cccc(C(=O)N[C@@H](Cc2ccccc2)C(=O)N/N=C/c2ccccc2)n1. The summed E-state index contributed by atoms with van der Waals surface area (Å²) < 4.78 is 0. The molecule has 50 heavy (non-hydrogen) atoms. The lowest BCUT2D eigenvalue weighted by Gasteiger charge is -2.18. The van der Waals surface area contributed by atoms with Crippen LogP contribution in [0.2, 0.25) is 0 Å². The molecule has 0 spiro atoms. The summed E-state index contributed by atoms with van der Waals surface area (Å²) in [6.45, 7) is 0. The first-order valence-corrected chi connectivity index (χ1v) is 15.9. The van der Waals surface area contributed by atoms with Crippen LogP contribution in [0, 0.1) is 0 Å². The first kappa shape index (κ1) is 34.6. The third kappa shape index (κ3) is 10.6. The maximum Gasteiger partial charge on any atom is 0.270 e. The van der Waals surface area contributed by atoms with Gasteiger partial charge in [0, 0.05) is 12.8 Å². The van der Waals surface area contributed by atoms with Crippen LogP contribution in [0.25, 0.3) is 0 Å². The molecule has 0 fully saturated rings. The number of aromatic nitrogens is 1. The van der Waals surface area contributed by atoms with Gasteiger partial charge in [0.15, 0.2) is 0 Å². The summed E-state index contributed by atoms with van der Waals surface area (Å²) in [5.74, 6) is -2.41. The maximum absolute atomic E-state index is 13.4. The zero-order valence-electron chi connectivity index (χ0n) is 27.0.